The SMILES string of the molecule is CN(C)CCCCCCN(C)CC(F)(F)C(F)F. The Morgan fingerprint density at radius 1 is 0.889 bits per heavy atom. The zero-order chi connectivity index (χ0) is 14.2. The molecule has 0 fully saturated rings. The summed E-state index contributed by atoms with van der Waals surface area (Å²) < 4.78 is 49.3. The fraction of sp³-hybridized carbons (Fsp3) is 1.00. The number of nitrogens with zero attached hydrogens (tertiary/aromatic N) is 2. The lowest BCUT2D eigenvalue weighted by molar-refractivity contribution is -0.139. The summed E-state index contributed by atoms with van der Waals surface area (Å²) in [7, 11) is 5.45. The third kappa shape index (κ3) is 8.69. The maximum Gasteiger partial charge on any atom is 0.319 e. The van der Waals surface area contributed by atoms with Crippen molar-refractivity contribution in [1.29, 1.82) is 0 Å². The first-order valence-electron chi connectivity index (χ1n) is 6.25. The monoisotopic (exact) mass is 272 g/mol. The van der Waals surface area contributed by atoms with Crippen molar-refractivity contribution >= 4 is 0 Å². The minimum absolute atomic E-state index is 0.435. The lowest BCUT2D eigenvalue weighted by Crippen LogP contribution is -2.40. The van der Waals surface area contributed by atoms with Crippen molar-refractivity contribution in [3.63, 3.8) is 0 Å². The van der Waals surface area contributed by atoms with Crippen molar-refractivity contribution in [3.05, 3.63) is 0 Å². The average molecular weight is 272 g/mol. The van der Waals surface area contributed by atoms with E-state index in [0.717, 1.165) is 32.2 Å². The molecule has 0 unspecified atom stereocenters. The molecule has 0 N–H and O–H groups in total. The standard InChI is InChI=1S/C12H24F4N2/c1-17(2)8-6-4-5-7-9-18(3)10-12(15,16)11(13)14/h11H,4-10H2,1-3H3. The van der Waals surface area contributed by atoms with Crippen LogP contribution < -0.4 is 0 Å². The largest absolute Gasteiger partial charge is 0.319 e. The van der Waals surface area contributed by atoms with E-state index in [-0.39, 0.29) is 0 Å². The molecule has 0 amide bonds. The van der Waals surface area contributed by atoms with Crippen molar-refractivity contribution in [3.8, 4) is 0 Å². The second-order valence-electron chi connectivity index (χ2n) is 5.02. The van der Waals surface area contributed by atoms with E-state index in [1.165, 1.54) is 11.9 Å². The fourth-order valence-electron chi connectivity index (χ4n) is 1.67. The zero-order valence-electron chi connectivity index (χ0n) is 11.4. The Balaban J connectivity index is 3.57. The summed E-state index contributed by atoms with van der Waals surface area (Å²) in [6, 6.07) is 0. The first-order valence-corrected chi connectivity index (χ1v) is 6.25. The van der Waals surface area contributed by atoms with Gasteiger partial charge >= 0.3 is 12.3 Å². The second kappa shape index (κ2) is 8.69. The van der Waals surface area contributed by atoms with Crippen LogP contribution in [0.25, 0.3) is 0 Å². The minimum Gasteiger partial charge on any atom is -0.309 e. The summed E-state index contributed by atoms with van der Waals surface area (Å²) in [4.78, 5) is 3.37. The van der Waals surface area contributed by atoms with E-state index in [2.05, 4.69) is 4.90 Å². The van der Waals surface area contributed by atoms with Gasteiger partial charge in [-0.2, -0.15) is 8.78 Å². The molecule has 0 aromatic heterocycles. The molecule has 0 aromatic carbocycles. The van der Waals surface area contributed by atoms with Crippen LogP contribution in [-0.2, 0) is 0 Å². The van der Waals surface area contributed by atoms with Crippen molar-refractivity contribution < 1.29 is 17.6 Å². The van der Waals surface area contributed by atoms with Gasteiger partial charge in [0.25, 0.3) is 0 Å². The van der Waals surface area contributed by atoms with Crippen LogP contribution >= 0.6 is 0 Å². The van der Waals surface area contributed by atoms with Crippen LogP contribution in [0.5, 0.6) is 0 Å². The van der Waals surface area contributed by atoms with E-state index in [1.807, 2.05) is 14.1 Å². The molecular formula is C12H24F4N2. The van der Waals surface area contributed by atoms with Gasteiger partial charge in [-0.25, -0.2) is 8.78 Å². The molecule has 6 heteroatoms. The number of hydrogen-bond acceptors (Lipinski definition) is 2. The predicted molar refractivity (Wildman–Crippen MR) is 65.5 cm³/mol. The van der Waals surface area contributed by atoms with Gasteiger partial charge in [-0.3, -0.25) is 0 Å². The quantitative estimate of drug-likeness (QED) is 0.445. The molecule has 0 aromatic rings. The Hall–Kier alpha value is -0.360. The van der Waals surface area contributed by atoms with E-state index < -0.39 is 18.9 Å². The smallest absolute Gasteiger partial charge is 0.309 e. The van der Waals surface area contributed by atoms with Crippen molar-refractivity contribution in [2.75, 3.05) is 40.8 Å². The molecule has 0 saturated heterocycles. The molecule has 0 heterocycles. The van der Waals surface area contributed by atoms with Crippen LogP contribution in [0.1, 0.15) is 25.7 Å². The summed E-state index contributed by atoms with van der Waals surface area (Å²) in [5.74, 6) is -3.90. The van der Waals surface area contributed by atoms with Gasteiger partial charge in [-0.1, -0.05) is 12.8 Å². The minimum atomic E-state index is -3.90. The predicted octanol–water partition coefficient (Wildman–Crippen LogP) is 2.94. The van der Waals surface area contributed by atoms with Gasteiger partial charge in [0.1, 0.15) is 0 Å². The Morgan fingerprint density at radius 2 is 1.39 bits per heavy atom. The highest BCUT2D eigenvalue weighted by atomic mass is 19.3. The molecule has 0 aliphatic heterocycles. The summed E-state index contributed by atoms with van der Waals surface area (Å²) in [6.45, 7) is 0.575. The van der Waals surface area contributed by atoms with E-state index in [9.17, 15) is 17.6 Å². The van der Waals surface area contributed by atoms with Gasteiger partial charge in [-0.15, -0.1) is 0 Å². The Labute approximate surface area is 107 Å². The van der Waals surface area contributed by atoms with E-state index >= 15 is 0 Å². The second-order valence-corrected chi connectivity index (χ2v) is 5.02. The van der Waals surface area contributed by atoms with Crippen LogP contribution in [0.3, 0.4) is 0 Å². The van der Waals surface area contributed by atoms with Gasteiger partial charge in [0, 0.05) is 0 Å². The van der Waals surface area contributed by atoms with Gasteiger partial charge in [0.2, 0.25) is 0 Å². The van der Waals surface area contributed by atoms with Gasteiger partial charge in [-0.05, 0) is 47.1 Å². The Morgan fingerprint density at radius 3 is 1.83 bits per heavy atom. The summed E-state index contributed by atoms with van der Waals surface area (Å²) in [5, 5.41) is 0. The highest BCUT2D eigenvalue weighted by Crippen LogP contribution is 2.23. The molecule has 110 valence electrons. The van der Waals surface area contributed by atoms with Crippen molar-refractivity contribution in [2.45, 2.75) is 38.0 Å². The molecule has 0 saturated carbocycles. The number of unbranched alkanes of at least 4 members (excludes halogenated alkanes) is 3. The Kier molecular flexibility index (Phi) is 8.52. The topological polar surface area (TPSA) is 6.48 Å². The first-order chi connectivity index (χ1) is 8.25. The highest BCUT2D eigenvalue weighted by molar-refractivity contribution is 4.73. The number of alkyl halides is 4. The lowest BCUT2D eigenvalue weighted by Gasteiger charge is -2.23. The van der Waals surface area contributed by atoms with Gasteiger partial charge in [0.15, 0.2) is 0 Å². The summed E-state index contributed by atoms with van der Waals surface area (Å²) in [6.07, 6.45) is 0.239. The van der Waals surface area contributed by atoms with Crippen LogP contribution in [0.15, 0.2) is 0 Å². The third-order valence-electron chi connectivity index (χ3n) is 2.70. The zero-order valence-corrected chi connectivity index (χ0v) is 11.4. The van der Waals surface area contributed by atoms with Gasteiger partial charge < -0.3 is 9.80 Å². The van der Waals surface area contributed by atoms with E-state index in [0.29, 0.717) is 6.54 Å². The molecule has 0 spiro atoms. The fourth-order valence-corrected chi connectivity index (χ4v) is 1.67. The molecule has 0 bridgehead atoms. The third-order valence-corrected chi connectivity index (χ3v) is 2.70. The van der Waals surface area contributed by atoms with E-state index in [1.54, 1.807) is 0 Å². The van der Waals surface area contributed by atoms with Crippen LogP contribution in [0.4, 0.5) is 17.6 Å². The van der Waals surface area contributed by atoms with Crippen LogP contribution in [-0.4, -0.2) is 62.9 Å². The average Bonchev–Trinajstić information content (AvgIpc) is 2.21. The normalized spacial score (nSPS) is 13.0. The molecule has 0 aliphatic carbocycles. The molecule has 0 atom stereocenters. The molecule has 0 aliphatic rings. The van der Waals surface area contributed by atoms with Crippen LogP contribution in [0, 0.1) is 0 Å². The maximum atomic E-state index is 12.7. The van der Waals surface area contributed by atoms with Crippen molar-refractivity contribution in [1.82, 2.24) is 9.80 Å². The summed E-state index contributed by atoms with van der Waals surface area (Å²) in [5.41, 5.74) is 0. The number of halogens is 4. The van der Waals surface area contributed by atoms with Crippen LogP contribution in [0.2, 0.25) is 0 Å². The Bertz CT molecular complexity index is 210. The van der Waals surface area contributed by atoms with E-state index in [4.69, 9.17) is 0 Å². The molecule has 18 heavy (non-hydrogen) atoms. The maximum absolute atomic E-state index is 12.7. The van der Waals surface area contributed by atoms with Crippen molar-refractivity contribution in [2.24, 2.45) is 0 Å². The molecule has 0 radical (unpaired) electrons. The molecule has 0 rings (SSSR count). The lowest BCUT2D eigenvalue weighted by atomic mass is 10.2. The highest BCUT2D eigenvalue weighted by Gasteiger charge is 2.41. The van der Waals surface area contributed by atoms with Gasteiger partial charge in [0.05, 0.1) is 6.54 Å². The number of rotatable bonds is 10. The summed E-state index contributed by atoms with van der Waals surface area (Å²) >= 11 is 0. The molecule has 2 nitrogen and oxygen atoms in total. The number of hydrogen-bond donors (Lipinski definition) is 0. The molecular weight excluding hydrogens is 248 g/mol. The first kappa shape index (κ1) is 17.6.